The zero-order valence-corrected chi connectivity index (χ0v) is 15.3. The molecular formula is C18H12Cl3NO3. The van der Waals surface area contributed by atoms with Gasteiger partial charge in [-0.2, -0.15) is 0 Å². The monoisotopic (exact) mass is 395 g/mol. The van der Waals surface area contributed by atoms with Gasteiger partial charge >= 0.3 is 11.9 Å². The van der Waals surface area contributed by atoms with Crippen molar-refractivity contribution in [3.63, 3.8) is 0 Å². The molecule has 0 fully saturated rings. The van der Waals surface area contributed by atoms with Crippen molar-refractivity contribution in [3.8, 4) is 22.6 Å². The third-order valence-corrected chi connectivity index (χ3v) is 4.17. The quantitative estimate of drug-likeness (QED) is 0.497. The fourth-order valence-electron chi connectivity index (χ4n) is 2.26. The van der Waals surface area contributed by atoms with Crippen LogP contribution in [0.4, 0.5) is 0 Å². The highest BCUT2D eigenvalue weighted by atomic mass is 35.5. The van der Waals surface area contributed by atoms with E-state index in [0.717, 1.165) is 0 Å². The van der Waals surface area contributed by atoms with E-state index in [9.17, 15) is 4.79 Å². The van der Waals surface area contributed by atoms with Gasteiger partial charge in [-0.25, -0.2) is 9.78 Å². The Morgan fingerprint density at radius 3 is 2.40 bits per heavy atom. The standard InChI is InChI=1S/C18H12Cl3NO3/c1-2-24-18(23)17-22-15(13-8-7-12(20)9-14(13)21)16(25-17)10-3-5-11(19)6-4-10/h3-9H,2H2,1H3. The average molecular weight is 397 g/mol. The molecule has 0 aliphatic heterocycles. The first-order valence-electron chi connectivity index (χ1n) is 7.39. The van der Waals surface area contributed by atoms with Crippen molar-refractivity contribution in [2.45, 2.75) is 6.92 Å². The van der Waals surface area contributed by atoms with Crippen LogP contribution in [0.25, 0.3) is 22.6 Å². The zero-order chi connectivity index (χ0) is 18.0. The smallest absolute Gasteiger partial charge is 0.394 e. The Morgan fingerprint density at radius 2 is 1.76 bits per heavy atom. The van der Waals surface area contributed by atoms with Crippen molar-refractivity contribution in [2.24, 2.45) is 0 Å². The lowest BCUT2D eigenvalue weighted by Gasteiger charge is -2.04. The third kappa shape index (κ3) is 3.82. The van der Waals surface area contributed by atoms with Gasteiger partial charge in [0.25, 0.3) is 0 Å². The van der Waals surface area contributed by atoms with Crippen LogP contribution in [0.3, 0.4) is 0 Å². The Bertz CT molecular complexity index is 920. The van der Waals surface area contributed by atoms with Crippen molar-refractivity contribution in [2.75, 3.05) is 6.61 Å². The molecule has 0 amide bonds. The van der Waals surface area contributed by atoms with Gasteiger partial charge < -0.3 is 9.15 Å². The van der Waals surface area contributed by atoms with Crippen LogP contribution in [-0.2, 0) is 4.74 Å². The molecule has 1 aromatic heterocycles. The largest absolute Gasteiger partial charge is 0.459 e. The predicted octanol–water partition coefficient (Wildman–Crippen LogP) is 6.15. The molecule has 0 atom stereocenters. The minimum atomic E-state index is -0.644. The number of ether oxygens (including phenoxy) is 1. The summed E-state index contributed by atoms with van der Waals surface area (Å²) in [5, 5.41) is 1.47. The van der Waals surface area contributed by atoms with E-state index in [-0.39, 0.29) is 12.5 Å². The summed E-state index contributed by atoms with van der Waals surface area (Å²) in [5.41, 5.74) is 1.72. The molecule has 3 rings (SSSR count). The highest BCUT2D eigenvalue weighted by molar-refractivity contribution is 6.36. The summed E-state index contributed by atoms with van der Waals surface area (Å²) < 4.78 is 10.6. The van der Waals surface area contributed by atoms with Crippen LogP contribution in [0.5, 0.6) is 0 Å². The SMILES string of the molecule is CCOC(=O)c1nc(-c2ccc(Cl)cc2Cl)c(-c2ccc(Cl)cc2)o1. The summed E-state index contributed by atoms with van der Waals surface area (Å²) in [6, 6.07) is 12.0. The Labute approximate surface area is 159 Å². The van der Waals surface area contributed by atoms with Crippen molar-refractivity contribution in [3.05, 3.63) is 63.4 Å². The molecule has 0 aliphatic rings. The lowest BCUT2D eigenvalue weighted by Crippen LogP contribution is -2.04. The van der Waals surface area contributed by atoms with E-state index < -0.39 is 5.97 Å². The maximum Gasteiger partial charge on any atom is 0.394 e. The van der Waals surface area contributed by atoms with Crippen molar-refractivity contribution in [1.82, 2.24) is 4.98 Å². The van der Waals surface area contributed by atoms with E-state index in [1.165, 1.54) is 0 Å². The Kier molecular flexibility index (Phi) is 5.33. The summed E-state index contributed by atoms with van der Waals surface area (Å²) in [7, 11) is 0. The topological polar surface area (TPSA) is 52.3 Å². The highest BCUT2D eigenvalue weighted by Gasteiger charge is 2.23. The summed E-state index contributed by atoms with van der Waals surface area (Å²) in [6.45, 7) is 1.92. The number of rotatable bonds is 4. The van der Waals surface area contributed by atoms with Gasteiger partial charge in [0, 0.05) is 21.2 Å². The number of oxazole rings is 1. The number of hydrogen-bond donors (Lipinski definition) is 0. The van der Waals surface area contributed by atoms with Gasteiger partial charge in [-0.05, 0) is 49.4 Å². The van der Waals surface area contributed by atoms with E-state index in [1.54, 1.807) is 49.4 Å². The highest BCUT2D eigenvalue weighted by Crippen LogP contribution is 2.37. The number of nitrogens with zero attached hydrogens (tertiary/aromatic N) is 1. The van der Waals surface area contributed by atoms with E-state index >= 15 is 0 Å². The number of carbonyl (C=O) groups excluding carboxylic acids is 1. The molecule has 0 spiro atoms. The first-order valence-corrected chi connectivity index (χ1v) is 8.52. The zero-order valence-electron chi connectivity index (χ0n) is 13.1. The molecule has 0 saturated carbocycles. The van der Waals surface area contributed by atoms with Crippen LogP contribution in [0.2, 0.25) is 15.1 Å². The summed E-state index contributed by atoms with van der Waals surface area (Å²) in [6.07, 6.45) is 0. The van der Waals surface area contributed by atoms with Crippen LogP contribution in [-0.4, -0.2) is 17.6 Å². The minimum Gasteiger partial charge on any atom is -0.459 e. The van der Waals surface area contributed by atoms with Gasteiger partial charge in [-0.15, -0.1) is 0 Å². The molecule has 0 unspecified atom stereocenters. The van der Waals surface area contributed by atoms with Gasteiger partial charge in [-0.3, -0.25) is 0 Å². The van der Waals surface area contributed by atoms with E-state index in [1.807, 2.05) is 0 Å². The third-order valence-electron chi connectivity index (χ3n) is 3.37. The summed E-state index contributed by atoms with van der Waals surface area (Å²) in [4.78, 5) is 16.3. The lowest BCUT2D eigenvalue weighted by atomic mass is 10.1. The van der Waals surface area contributed by atoms with Crippen molar-refractivity contribution < 1.29 is 13.9 Å². The number of aromatic nitrogens is 1. The first-order chi connectivity index (χ1) is 12.0. The van der Waals surface area contributed by atoms with Crippen LogP contribution in [0.1, 0.15) is 17.6 Å². The number of benzene rings is 2. The van der Waals surface area contributed by atoms with Crippen molar-refractivity contribution >= 4 is 40.8 Å². The summed E-state index contributed by atoms with van der Waals surface area (Å²) in [5.74, 6) is -0.397. The average Bonchev–Trinajstić information content (AvgIpc) is 3.01. The van der Waals surface area contributed by atoms with Crippen LogP contribution >= 0.6 is 34.8 Å². The molecule has 0 bridgehead atoms. The fourth-order valence-corrected chi connectivity index (χ4v) is 2.89. The minimum absolute atomic E-state index is 0.146. The van der Waals surface area contributed by atoms with E-state index in [2.05, 4.69) is 4.98 Å². The molecular weight excluding hydrogens is 385 g/mol. The number of esters is 1. The molecule has 3 aromatic rings. The van der Waals surface area contributed by atoms with Gasteiger partial charge in [0.15, 0.2) is 5.76 Å². The maximum atomic E-state index is 12.0. The van der Waals surface area contributed by atoms with Crippen molar-refractivity contribution in [1.29, 1.82) is 0 Å². The van der Waals surface area contributed by atoms with Gasteiger partial charge in [-0.1, -0.05) is 34.8 Å². The van der Waals surface area contributed by atoms with Crippen LogP contribution in [0, 0.1) is 0 Å². The molecule has 4 nitrogen and oxygen atoms in total. The Hall–Kier alpha value is -2.01. The number of halogens is 3. The van der Waals surface area contributed by atoms with E-state index in [4.69, 9.17) is 44.0 Å². The first kappa shape index (κ1) is 17.8. The second-order valence-electron chi connectivity index (χ2n) is 5.05. The molecule has 128 valence electrons. The molecule has 0 N–H and O–H groups in total. The Balaban J connectivity index is 2.17. The normalized spacial score (nSPS) is 10.7. The number of hydrogen-bond acceptors (Lipinski definition) is 4. The van der Waals surface area contributed by atoms with Gasteiger partial charge in [0.1, 0.15) is 5.69 Å². The molecule has 25 heavy (non-hydrogen) atoms. The lowest BCUT2D eigenvalue weighted by molar-refractivity contribution is 0.0482. The fraction of sp³-hybridized carbons (Fsp3) is 0.111. The van der Waals surface area contributed by atoms with E-state index in [0.29, 0.717) is 37.6 Å². The molecule has 0 radical (unpaired) electrons. The Morgan fingerprint density at radius 1 is 1.08 bits per heavy atom. The molecule has 0 saturated heterocycles. The summed E-state index contributed by atoms with van der Waals surface area (Å²) >= 11 is 18.2. The maximum absolute atomic E-state index is 12.0. The second-order valence-corrected chi connectivity index (χ2v) is 6.33. The van der Waals surface area contributed by atoms with Crippen LogP contribution < -0.4 is 0 Å². The predicted molar refractivity (Wildman–Crippen MR) is 98.4 cm³/mol. The van der Waals surface area contributed by atoms with Gasteiger partial charge in [0.2, 0.25) is 0 Å². The molecule has 1 heterocycles. The molecule has 0 aliphatic carbocycles. The molecule has 2 aromatic carbocycles. The number of carbonyl (C=O) groups is 1. The van der Waals surface area contributed by atoms with Gasteiger partial charge in [0.05, 0.1) is 11.6 Å². The molecule has 7 heteroatoms. The second kappa shape index (κ2) is 7.48. The van der Waals surface area contributed by atoms with Crippen LogP contribution in [0.15, 0.2) is 46.9 Å².